The van der Waals surface area contributed by atoms with E-state index in [9.17, 15) is 0 Å². The summed E-state index contributed by atoms with van der Waals surface area (Å²) < 4.78 is 0. The third-order valence-electron chi connectivity index (χ3n) is 6.55. The first-order valence-corrected chi connectivity index (χ1v) is 8.61. The molecule has 3 N–H and O–H groups in total. The third kappa shape index (κ3) is 1.47. The predicted octanol–water partition coefficient (Wildman–Crippen LogP) is 3.58. The molecule has 1 aliphatic heterocycles. The zero-order valence-corrected chi connectivity index (χ0v) is 12.8. The van der Waals surface area contributed by atoms with Crippen molar-refractivity contribution in [3.63, 3.8) is 0 Å². The Balaban J connectivity index is 1.60. The predicted molar refractivity (Wildman–Crippen MR) is 88.1 cm³/mol. The fourth-order valence-corrected chi connectivity index (χ4v) is 5.77. The smallest absolute Gasteiger partial charge is 0.0654 e. The average Bonchev–Trinajstić information content (AvgIpc) is 3.37. The van der Waals surface area contributed by atoms with Gasteiger partial charge in [0.2, 0.25) is 0 Å². The van der Waals surface area contributed by atoms with Crippen molar-refractivity contribution in [3.05, 3.63) is 41.9 Å². The largest absolute Gasteiger partial charge is 0.378 e. The highest BCUT2D eigenvalue weighted by Gasteiger charge is 2.54. The minimum Gasteiger partial charge on any atom is -0.378 e. The maximum absolute atomic E-state index is 4.29. The number of fused-ring (bicyclic) bond motifs is 9. The second kappa shape index (κ2) is 4.16. The highest BCUT2D eigenvalue weighted by Crippen LogP contribution is 2.64. The van der Waals surface area contributed by atoms with E-state index in [1.54, 1.807) is 0 Å². The maximum atomic E-state index is 4.29. The van der Waals surface area contributed by atoms with Crippen LogP contribution in [0.15, 0.2) is 30.7 Å². The van der Waals surface area contributed by atoms with Gasteiger partial charge in [0.25, 0.3) is 0 Å². The van der Waals surface area contributed by atoms with Gasteiger partial charge in [-0.1, -0.05) is 0 Å². The van der Waals surface area contributed by atoms with Crippen molar-refractivity contribution < 1.29 is 0 Å². The highest BCUT2D eigenvalue weighted by molar-refractivity contribution is 5.88. The molecule has 3 aliphatic rings. The Morgan fingerprint density at radius 3 is 2.91 bits per heavy atom. The van der Waals surface area contributed by atoms with Crippen LogP contribution in [0.25, 0.3) is 10.9 Å². The van der Waals surface area contributed by atoms with Crippen LogP contribution in [0.4, 0.5) is 5.69 Å². The average molecular weight is 305 g/mol. The van der Waals surface area contributed by atoms with E-state index in [0.29, 0.717) is 17.9 Å². The molecule has 2 aromatic heterocycles. The van der Waals surface area contributed by atoms with Crippen LogP contribution in [0.5, 0.6) is 0 Å². The summed E-state index contributed by atoms with van der Waals surface area (Å²) in [7, 11) is 0. The molecule has 2 fully saturated rings. The number of hydrogen-bond acceptors (Lipinski definition) is 3. The zero-order chi connectivity index (χ0) is 15.0. The first-order chi connectivity index (χ1) is 11.4. The number of aromatic nitrogens is 4. The van der Waals surface area contributed by atoms with Crippen LogP contribution in [0.2, 0.25) is 0 Å². The molecule has 2 bridgehead atoms. The summed E-state index contributed by atoms with van der Waals surface area (Å²) in [6, 6.07) is 4.75. The number of nitrogens with one attached hydrogen (secondary N) is 3. The zero-order valence-electron chi connectivity index (χ0n) is 12.8. The molecule has 0 unspecified atom stereocenters. The molecule has 5 heteroatoms. The second-order valence-electron chi connectivity index (χ2n) is 7.45. The van der Waals surface area contributed by atoms with E-state index in [1.807, 2.05) is 12.4 Å². The van der Waals surface area contributed by atoms with Crippen LogP contribution in [-0.4, -0.2) is 20.4 Å². The number of benzene rings is 1. The standard InChI is InChI=1S/C18H19N5/c1-2-10-5-9(1)15-16(10)18(11-6-19-20-7-11)22-14-4-3-13-12(17(14)15)8-21-23-13/h3-4,6-10,15-16,18,22H,1-2,5H2,(H,19,20)(H,21,23)/t9-,10+,15+,16-,18+/m1/s1. The minimum atomic E-state index is 0.380. The van der Waals surface area contributed by atoms with E-state index >= 15 is 0 Å². The van der Waals surface area contributed by atoms with Crippen LogP contribution < -0.4 is 5.32 Å². The molecule has 2 saturated carbocycles. The molecule has 5 atom stereocenters. The van der Waals surface area contributed by atoms with Crippen molar-refractivity contribution in [1.29, 1.82) is 0 Å². The first kappa shape index (κ1) is 12.2. The van der Waals surface area contributed by atoms with Gasteiger partial charge in [0, 0.05) is 22.8 Å². The fraction of sp³-hybridized carbons (Fsp3) is 0.444. The molecule has 23 heavy (non-hydrogen) atoms. The molecule has 3 aromatic rings. The van der Waals surface area contributed by atoms with Crippen LogP contribution in [0.1, 0.15) is 42.3 Å². The topological polar surface area (TPSA) is 69.4 Å². The molecule has 0 radical (unpaired) electrons. The quantitative estimate of drug-likeness (QED) is 0.643. The lowest BCUT2D eigenvalue weighted by atomic mass is 9.67. The van der Waals surface area contributed by atoms with Gasteiger partial charge in [-0.2, -0.15) is 10.2 Å². The van der Waals surface area contributed by atoms with Gasteiger partial charge in [0.1, 0.15) is 0 Å². The minimum absolute atomic E-state index is 0.380. The highest BCUT2D eigenvalue weighted by atomic mass is 15.1. The Kier molecular flexibility index (Phi) is 2.20. The Labute approximate surface area is 133 Å². The summed E-state index contributed by atoms with van der Waals surface area (Å²) in [6.45, 7) is 0. The molecule has 2 aliphatic carbocycles. The number of aromatic amines is 2. The number of rotatable bonds is 1. The van der Waals surface area contributed by atoms with Crippen molar-refractivity contribution in [2.24, 2.45) is 17.8 Å². The molecular weight excluding hydrogens is 286 g/mol. The van der Waals surface area contributed by atoms with Crippen molar-refractivity contribution in [2.75, 3.05) is 5.32 Å². The van der Waals surface area contributed by atoms with Gasteiger partial charge in [-0.3, -0.25) is 10.2 Å². The van der Waals surface area contributed by atoms with Gasteiger partial charge in [-0.25, -0.2) is 0 Å². The summed E-state index contributed by atoms with van der Waals surface area (Å²) in [6.07, 6.45) is 10.2. The van der Waals surface area contributed by atoms with Gasteiger partial charge in [-0.05, 0) is 60.6 Å². The lowest BCUT2D eigenvalue weighted by Gasteiger charge is -2.43. The number of hydrogen-bond donors (Lipinski definition) is 3. The van der Waals surface area contributed by atoms with Crippen LogP contribution in [0.3, 0.4) is 0 Å². The van der Waals surface area contributed by atoms with E-state index in [1.165, 1.54) is 41.5 Å². The molecule has 0 spiro atoms. The third-order valence-corrected chi connectivity index (χ3v) is 6.55. The van der Waals surface area contributed by atoms with Crippen LogP contribution >= 0.6 is 0 Å². The van der Waals surface area contributed by atoms with Crippen LogP contribution in [-0.2, 0) is 0 Å². The first-order valence-electron chi connectivity index (χ1n) is 8.61. The van der Waals surface area contributed by atoms with Crippen molar-refractivity contribution in [3.8, 4) is 0 Å². The monoisotopic (exact) mass is 305 g/mol. The lowest BCUT2D eigenvalue weighted by Crippen LogP contribution is -2.35. The Hall–Kier alpha value is -2.30. The summed E-state index contributed by atoms with van der Waals surface area (Å²) >= 11 is 0. The maximum Gasteiger partial charge on any atom is 0.0654 e. The molecule has 0 saturated heterocycles. The molecule has 1 aromatic carbocycles. The molecular formula is C18H19N5. The van der Waals surface area contributed by atoms with Gasteiger partial charge in [-0.15, -0.1) is 0 Å². The van der Waals surface area contributed by atoms with E-state index in [-0.39, 0.29) is 0 Å². The lowest BCUT2D eigenvalue weighted by molar-refractivity contribution is 0.249. The number of H-pyrrole nitrogens is 2. The summed E-state index contributed by atoms with van der Waals surface area (Å²) in [4.78, 5) is 0. The van der Waals surface area contributed by atoms with E-state index in [4.69, 9.17) is 0 Å². The summed E-state index contributed by atoms with van der Waals surface area (Å²) in [5.74, 6) is 3.01. The Morgan fingerprint density at radius 2 is 2.00 bits per heavy atom. The van der Waals surface area contributed by atoms with Gasteiger partial charge < -0.3 is 5.32 Å². The number of anilines is 1. The fourth-order valence-electron chi connectivity index (χ4n) is 5.77. The van der Waals surface area contributed by atoms with Crippen LogP contribution in [0, 0.1) is 17.8 Å². The molecule has 6 rings (SSSR count). The van der Waals surface area contributed by atoms with Crippen molar-refractivity contribution >= 4 is 16.6 Å². The van der Waals surface area contributed by atoms with E-state index in [2.05, 4.69) is 44.0 Å². The second-order valence-corrected chi connectivity index (χ2v) is 7.45. The molecule has 0 amide bonds. The van der Waals surface area contributed by atoms with Crippen molar-refractivity contribution in [1.82, 2.24) is 20.4 Å². The molecule has 116 valence electrons. The van der Waals surface area contributed by atoms with E-state index < -0.39 is 0 Å². The summed E-state index contributed by atoms with van der Waals surface area (Å²) in [5, 5.41) is 19.8. The van der Waals surface area contributed by atoms with Gasteiger partial charge in [0.15, 0.2) is 0 Å². The van der Waals surface area contributed by atoms with Gasteiger partial charge in [0.05, 0.1) is 24.0 Å². The van der Waals surface area contributed by atoms with Crippen molar-refractivity contribution in [2.45, 2.75) is 31.2 Å². The number of nitrogens with zero attached hydrogens (tertiary/aromatic N) is 2. The summed E-state index contributed by atoms with van der Waals surface area (Å²) in [5.41, 5.74) is 5.26. The van der Waals surface area contributed by atoms with E-state index in [0.717, 1.165) is 17.4 Å². The molecule has 3 heterocycles. The normalized spacial score (nSPS) is 34.3. The Morgan fingerprint density at radius 1 is 1.04 bits per heavy atom. The van der Waals surface area contributed by atoms with Gasteiger partial charge >= 0.3 is 0 Å². The molecule has 5 nitrogen and oxygen atoms in total. The SMILES string of the molecule is c1n[nH]cc1[C@@H]1Nc2ccc3[nH]ncc3c2[C@H]2[C@@H]3CC[C@@H](C3)[C@H]21. The Bertz CT molecular complexity index is 880.